The minimum Gasteiger partial charge on any atom is -0.252 e. The van der Waals surface area contributed by atoms with Gasteiger partial charge in [0.15, 0.2) is 0 Å². The van der Waals surface area contributed by atoms with E-state index in [0.29, 0.717) is 0 Å². The van der Waals surface area contributed by atoms with Crippen molar-refractivity contribution in [2.75, 3.05) is 0 Å². The summed E-state index contributed by atoms with van der Waals surface area (Å²) < 4.78 is 3.12. The van der Waals surface area contributed by atoms with Crippen molar-refractivity contribution < 1.29 is 0 Å². The molecule has 4 aromatic heterocycles. The maximum Gasteiger partial charge on any atom is 0.116 e. The first-order chi connectivity index (χ1) is 16.0. The summed E-state index contributed by atoms with van der Waals surface area (Å²) in [6.07, 6.45) is 4.37. The molecule has 0 atom stereocenters. The molecule has 5 rings (SSSR count). The summed E-state index contributed by atoms with van der Waals surface area (Å²) in [6.45, 7) is 0. The van der Waals surface area contributed by atoms with Gasteiger partial charge in [-0.1, -0.05) is 25.0 Å². The Morgan fingerprint density at radius 1 is 0.545 bits per heavy atom. The predicted molar refractivity (Wildman–Crippen MR) is 145 cm³/mol. The molecule has 1 fully saturated rings. The molecule has 0 aromatic carbocycles. The van der Waals surface area contributed by atoms with Gasteiger partial charge < -0.3 is 0 Å². The first kappa shape index (κ1) is 23.3. The highest BCUT2D eigenvalue weighted by molar-refractivity contribution is 9.11. The number of rotatable bonds is 4. The number of aromatic nitrogens is 4. The molecule has 0 amide bonds. The summed E-state index contributed by atoms with van der Waals surface area (Å²) in [5.41, 5.74) is 5.66. The standard InChI is InChI=1S/C25H18Br4N4/c26-21-11-9-15(23(28)32-21)17-5-3-7-19(30-17)25(13-1-2-14-25)20-8-4-6-18(31-20)16-10-12-22(27)33-24(16)29/h3-12H,1-2,13-14H2. The Labute approximate surface area is 226 Å². The Balaban J connectivity index is 1.61. The van der Waals surface area contributed by atoms with Crippen molar-refractivity contribution in [1.29, 1.82) is 0 Å². The largest absolute Gasteiger partial charge is 0.252 e. The predicted octanol–water partition coefficient (Wildman–Crippen LogP) is 8.51. The van der Waals surface area contributed by atoms with Gasteiger partial charge in [0.25, 0.3) is 0 Å². The van der Waals surface area contributed by atoms with E-state index in [0.717, 1.165) is 78.0 Å². The van der Waals surface area contributed by atoms with E-state index in [1.165, 1.54) is 0 Å². The van der Waals surface area contributed by atoms with Gasteiger partial charge in [-0.05, 0) is 125 Å². The van der Waals surface area contributed by atoms with Gasteiger partial charge in [0.05, 0.1) is 28.2 Å². The molecule has 1 saturated carbocycles. The average Bonchev–Trinajstić information content (AvgIpc) is 3.31. The van der Waals surface area contributed by atoms with E-state index in [9.17, 15) is 0 Å². The molecule has 0 saturated heterocycles. The van der Waals surface area contributed by atoms with E-state index < -0.39 is 0 Å². The van der Waals surface area contributed by atoms with Gasteiger partial charge in [-0.3, -0.25) is 9.97 Å². The SMILES string of the molecule is Brc1ccc(-c2cccc(C3(c4cccc(-c5ccc(Br)nc5Br)n4)CCCC3)n2)c(Br)n1. The second-order valence-electron chi connectivity index (χ2n) is 8.05. The van der Waals surface area contributed by atoms with Crippen LogP contribution in [0.2, 0.25) is 0 Å². The van der Waals surface area contributed by atoms with Crippen LogP contribution in [0.3, 0.4) is 0 Å². The molecule has 4 heterocycles. The Hall–Kier alpha value is -1.48. The van der Waals surface area contributed by atoms with Crippen LogP contribution in [0.15, 0.2) is 79.1 Å². The third kappa shape index (κ3) is 4.59. The fourth-order valence-corrected chi connectivity index (χ4v) is 6.68. The summed E-state index contributed by atoms with van der Waals surface area (Å²) in [5.74, 6) is 0. The Morgan fingerprint density at radius 3 is 1.42 bits per heavy atom. The van der Waals surface area contributed by atoms with Crippen LogP contribution in [0.1, 0.15) is 37.1 Å². The fraction of sp³-hybridized carbons (Fsp3) is 0.200. The summed E-state index contributed by atoms with van der Waals surface area (Å²) in [7, 11) is 0. The van der Waals surface area contributed by atoms with Gasteiger partial charge in [0.1, 0.15) is 18.4 Å². The van der Waals surface area contributed by atoms with Gasteiger partial charge in [0, 0.05) is 11.1 Å². The van der Waals surface area contributed by atoms with Crippen LogP contribution in [-0.4, -0.2) is 19.9 Å². The fourth-order valence-electron chi connectivity index (χ4n) is 4.53. The lowest BCUT2D eigenvalue weighted by Gasteiger charge is -2.29. The first-order valence-electron chi connectivity index (χ1n) is 10.6. The van der Waals surface area contributed by atoms with Gasteiger partial charge >= 0.3 is 0 Å². The maximum absolute atomic E-state index is 5.14. The minimum atomic E-state index is -0.212. The summed E-state index contributed by atoms with van der Waals surface area (Å²) in [5, 5.41) is 0. The smallest absolute Gasteiger partial charge is 0.116 e. The molecular formula is C25H18Br4N4. The summed E-state index contributed by atoms with van der Waals surface area (Å²) in [6, 6.07) is 20.5. The van der Waals surface area contributed by atoms with Crippen molar-refractivity contribution in [3.8, 4) is 22.5 Å². The molecule has 0 unspecified atom stereocenters. The number of hydrogen-bond donors (Lipinski definition) is 0. The first-order valence-corrected chi connectivity index (χ1v) is 13.7. The molecule has 0 bridgehead atoms. The van der Waals surface area contributed by atoms with Crippen LogP contribution in [0, 0.1) is 0 Å². The second-order valence-corrected chi connectivity index (χ2v) is 11.2. The molecule has 0 N–H and O–H groups in total. The third-order valence-electron chi connectivity index (χ3n) is 6.12. The van der Waals surface area contributed by atoms with E-state index in [4.69, 9.17) is 9.97 Å². The van der Waals surface area contributed by atoms with Gasteiger partial charge in [-0.2, -0.15) is 0 Å². The summed E-state index contributed by atoms with van der Waals surface area (Å²) >= 11 is 14.0. The minimum absolute atomic E-state index is 0.212. The Kier molecular flexibility index (Phi) is 6.80. The van der Waals surface area contributed by atoms with Crippen molar-refractivity contribution in [2.45, 2.75) is 31.1 Å². The molecule has 166 valence electrons. The zero-order chi connectivity index (χ0) is 23.0. The second kappa shape index (κ2) is 9.64. The molecule has 1 aliphatic rings. The molecule has 4 aromatic rings. The molecule has 0 aliphatic heterocycles. The van der Waals surface area contributed by atoms with Crippen LogP contribution in [0.25, 0.3) is 22.5 Å². The quantitative estimate of drug-likeness (QED) is 0.201. The lowest BCUT2D eigenvalue weighted by molar-refractivity contribution is 0.503. The molecule has 33 heavy (non-hydrogen) atoms. The lowest BCUT2D eigenvalue weighted by atomic mass is 9.78. The lowest BCUT2D eigenvalue weighted by Crippen LogP contribution is -2.26. The zero-order valence-electron chi connectivity index (χ0n) is 17.4. The topological polar surface area (TPSA) is 51.6 Å². The molecule has 1 aliphatic carbocycles. The highest BCUT2D eigenvalue weighted by Gasteiger charge is 2.40. The number of halogens is 4. The van der Waals surface area contributed by atoms with Crippen LogP contribution in [-0.2, 0) is 5.41 Å². The van der Waals surface area contributed by atoms with Gasteiger partial charge in [0.2, 0.25) is 0 Å². The Morgan fingerprint density at radius 2 is 1.00 bits per heavy atom. The van der Waals surface area contributed by atoms with Crippen LogP contribution in [0.4, 0.5) is 0 Å². The van der Waals surface area contributed by atoms with Crippen LogP contribution in [0.5, 0.6) is 0 Å². The van der Waals surface area contributed by atoms with E-state index in [1.807, 2.05) is 36.4 Å². The third-order valence-corrected chi connectivity index (χ3v) is 8.21. The van der Waals surface area contributed by atoms with Crippen LogP contribution >= 0.6 is 63.7 Å². The van der Waals surface area contributed by atoms with Gasteiger partial charge in [-0.15, -0.1) is 0 Å². The van der Waals surface area contributed by atoms with Crippen molar-refractivity contribution in [2.24, 2.45) is 0 Å². The monoisotopic (exact) mass is 690 g/mol. The zero-order valence-corrected chi connectivity index (χ0v) is 23.7. The molecule has 8 heteroatoms. The van der Waals surface area contributed by atoms with E-state index >= 15 is 0 Å². The molecule has 0 radical (unpaired) electrons. The molecular weight excluding hydrogens is 676 g/mol. The molecule has 4 nitrogen and oxygen atoms in total. The number of nitrogens with zero attached hydrogens (tertiary/aromatic N) is 4. The van der Waals surface area contributed by atoms with Crippen molar-refractivity contribution in [3.05, 3.63) is 90.5 Å². The van der Waals surface area contributed by atoms with E-state index in [-0.39, 0.29) is 5.41 Å². The normalized spacial score (nSPS) is 15.0. The van der Waals surface area contributed by atoms with E-state index in [2.05, 4.69) is 98.0 Å². The van der Waals surface area contributed by atoms with Crippen molar-refractivity contribution in [1.82, 2.24) is 19.9 Å². The van der Waals surface area contributed by atoms with Crippen LogP contribution < -0.4 is 0 Å². The maximum atomic E-state index is 5.14. The van der Waals surface area contributed by atoms with Gasteiger partial charge in [-0.25, -0.2) is 9.97 Å². The van der Waals surface area contributed by atoms with Crippen molar-refractivity contribution >= 4 is 63.7 Å². The van der Waals surface area contributed by atoms with E-state index in [1.54, 1.807) is 0 Å². The highest BCUT2D eigenvalue weighted by atomic mass is 79.9. The average molecular weight is 694 g/mol. The highest BCUT2D eigenvalue weighted by Crippen LogP contribution is 2.46. The summed E-state index contributed by atoms with van der Waals surface area (Å²) in [4.78, 5) is 19.2. The number of hydrogen-bond acceptors (Lipinski definition) is 4. The van der Waals surface area contributed by atoms with Crippen molar-refractivity contribution in [3.63, 3.8) is 0 Å². The number of pyridine rings is 4. The Bertz CT molecular complexity index is 1240. The molecule has 0 spiro atoms.